The van der Waals surface area contributed by atoms with E-state index in [-0.39, 0.29) is 24.3 Å². The molecule has 0 saturated carbocycles. The Morgan fingerprint density at radius 2 is 1.07 bits per heavy atom. The van der Waals surface area contributed by atoms with Crippen LogP contribution < -0.4 is 21.3 Å². The van der Waals surface area contributed by atoms with Crippen LogP contribution in [0.5, 0.6) is 0 Å². The van der Waals surface area contributed by atoms with Crippen LogP contribution in [0, 0.1) is 0 Å². The Kier molecular flexibility index (Phi) is 10.4. The molecule has 2 heterocycles. The molecule has 0 aromatic heterocycles. The molecular weight excluding hydrogens is 384 g/mol. The summed E-state index contributed by atoms with van der Waals surface area (Å²) in [7, 11) is 0. The third-order valence-electron chi connectivity index (χ3n) is 4.69. The molecule has 0 unspecified atom stereocenters. The van der Waals surface area contributed by atoms with Crippen molar-refractivity contribution in [3.05, 3.63) is 0 Å². The van der Waals surface area contributed by atoms with Gasteiger partial charge >= 0.3 is 12.2 Å². The molecule has 2 rings (SSSR count). The van der Waals surface area contributed by atoms with Gasteiger partial charge in [0.15, 0.2) is 0 Å². The molecule has 0 aromatic carbocycles. The number of carbonyl (C=O) groups excluding carboxylic acids is 2. The summed E-state index contributed by atoms with van der Waals surface area (Å²) in [6, 6.07) is 1.43. The SMILES string of the molecule is C[C@@H]1C[C@H](NC(=O)OC(C)(C)C)CCN1.C[C@H]1C[C@@H](NC(=O)OC(C)(C)C)CCN1. The number of amides is 2. The van der Waals surface area contributed by atoms with Crippen molar-refractivity contribution in [1.82, 2.24) is 21.3 Å². The van der Waals surface area contributed by atoms with Gasteiger partial charge in [-0.25, -0.2) is 9.59 Å². The maximum atomic E-state index is 11.5. The Labute approximate surface area is 182 Å². The lowest BCUT2D eigenvalue weighted by Crippen LogP contribution is -2.47. The number of hydrogen-bond acceptors (Lipinski definition) is 6. The van der Waals surface area contributed by atoms with Gasteiger partial charge in [-0.2, -0.15) is 0 Å². The summed E-state index contributed by atoms with van der Waals surface area (Å²) < 4.78 is 10.4. The highest BCUT2D eigenvalue weighted by atomic mass is 16.6. The second-order valence-corrected chi connectivity index (χ2v) is 10.4. The molecule has 30 heavy (non-hydrogen) atoms. The van der Waals surface area contributed by atoms with Crippen molar-refractivity contribution in [2.24, 2.45) is 0 Å². The van der Waals surface area contributed by atoms with E-state index < -0.39 is 11.2 Å². The number of ether oxygens (including phenoxy) is 2. The highest BCUT2D eigenvalue weighted by molar-refractivity contribution is 5.68. The van der Waals surface area contributed by atoms with Crippen molar-refractivity contribution in [3.8, 4) is 0 Å². The monoisotopic (exact) mass is 428 g/mol. The molecule has 8 nitrogen and oxygen atoms in total. The lowest BCUT2D eigenvalue weighted by Gasteiger charge is -2.29. The zero-order valence-corrected chi connectivity index (χ0v) is 20.2. The minimum atomic E-state index is -0.414. The molecule has 4 N–H and O–H groups in total. The highest BCUT2D eigenvalue weighted by Gasteiger charge is 2.24. The number of alkyl carbamates (subject to hydrolysis) is 2. The smallest absolute Gasteiger partial charge is 0.407 e. The molecule has 4 atom stereocenters. The first-order chi connectivity index (χ1) is 13.7. The lowest BCUT2D eigenvalue weighted by molar-refractivity contribution is 0.0479. The molecule has 2 aliphatic heterocycles. The van der Waals surface area contributed by atoms with Crippen LogP contribution >= 0.6 is 0 Å². The quantitative estimate of drug-likeness (QED) is 0.538. The molecule has 2 aliphatic rings. The van der Waals surface area contributed by atoms with Gasteiger partial charge in [0.25, 0.3) is 0 Å². The second kappa shape index (κ2) is 11.7. The van der Waals surface area contributed by atoms with E-state index in [0.717, 1.165) is 38.8 Å². The predicted molar refractivity (Wildman–Crippen MR) is 120 cm³/mol. The Hall–Kier alpha value is -1.54. The third kappa shape index (κ3) is 12.9. The van der Waals surface area contributed by atoms with Crippen LogP contribution in [0.3, 0.4) is 0 Å². The van der Waals surface area contributed by atoms with E-state index >= 15 is 0 Å². The average molecular weight is 429 g/mol. The first-order valence-corrected chi connectivity index (χ1v) is 11.2. The van der Waals surface area contributed by atoms with Crippen LogP contribution in [-0.2, 0) is 9.47 Å². The number of rotatable bonds is 2. The standard InChI is InChI=1S/2C11H22N2O2/c2*1-8-7-9(5-6-12-8)13-10(14)15-11(2,3)4/h2*8-9,12H,5-7H2,1-4H3,(H,13,14)/t2*8-,9-/m10/s1. The zero-order valence-electron chi connectivity index (χ0n) is 20.2. The van der Waals surface area contributed by atoms with Gasteiger partial charge in [0.2, 0.25) is 0 Å². The van der Waals surface area contributed by atoms with Crippen LogP contribution in [-0.4, -0.2) is 60.6 Å². The van der Waals surface area contributed by atoms with Crippen LogP contribution in [0.4, 0.5) is 9.59 Å². The van der Waals surface area contributed by atoms with Crippen molar-refractivity contribution in [3.63, 3.8) is 0 Å². The van der Waals surface area contributed by atoms with Gasteiger partial charge in [-0.3, -0.25) is 0 Å². The first kappa shape index (κ1) is 26.5. The fraction of sp³-hybridized carbons (Fsp3) is 0.909. The lowest BCUT2D eigenvalue weighted by atomic mass is 10.0. The largest absolute Gasteiger partial charge is 0.444 e. The van der Waals surface area contributed by atoms with Crippen molar-refractivity contribution in [2.75, 3.05) is 13.1 Å². The van der Waals surface area contributed by atoms with Gasteiger partial charge in [-0.15, -0.1) is 0 Å². The van der Waals surface area contributed by atoms with Gasteiger partial charge in [0.05, 0.1) is 0 Å². The molecule has 2 amide bonds. The van der Waals surface area contributed by atoms with Crippen molar-refractivity contribution >= 4 is 12.2 Å². The van der Waals surface area contributed by atoms with E-state index in [0.29, 0.717) is 12.1 Å². The normalized spacial score (nSPS) is 27.2. The first-order valence-electron chi connectivity index (χ1n) is 11.2. The third-order valence-corrected chi connectivity index (χ3v) is 4.69. The molecule has 176 valence electrons. The maximum absolute atomic E-state index is 11.5. The van der Waals surface area contributed by atoms with Crippen molar-refractivity contribution in [1.29, 1.82) is 0 Å². The zero-order chi connectivity index (χ0) is 22.9. The second-order valence-electron chi connectivity index (χ2n) is 10.4. The van der Waals surface area contributed by atoms with E-state index in [2.05, 4.69) is 35.1 Å². The van der Waals surface area contributed by atoms with E-state index in [1.165, 1.54) is 0 Å². The van der Waals surface area contributed by atoms with Crippen LogP contribution in [0.1, 0.15) is 81.1 Å². The van der Waals surface area contributed by atoms with E-state index in [4.69, 9.17) is 9.47 Å². The average Bonchev–Trinajstić information content (AvgIpc) is 2.51. The molecular formula is C22H44N4O4. The van der Waals surface area contributed by atoms with Gasteiger partial charge in [-0.05, 0) is 94.2 Å². The van der Waals surface area contributed by atoms with E-state index in [1.54, 1.807) is 0 Å². The predicted octanol–water partition coefficient (Wildman–Crippen LogP) is 3.30. The molecule has 0 radical (unpaired) electrons. The van der Waals surface area contributed by atoms with E-state index in [1.807, 2.05) is 41.5 Å². The summed E-state index contributed by atoms with van der Waals surface area (Å²) in [5.41, 5.74) is -0.828. The summed E-state index contributed by atoms with van der Waals surface area (Å²) in [5, 5.41) is 12.5. The van der Waals surface area contributed by atoms with Crippen LogP contribution in [0.25, 0.3) is 0 Å². The van der Waals surface area contributed by atoms with Gasteiger partial charge in [0.1, 0.15) is 11.2 Å². The topological polar surface area (TPSA) is 101 Å². The molecule has 0 aliphatic carbocycles. The highest BCUT2D eigenvalue weighted by Crippen LogP contribution is 2.12. The molecule has 2 saturated heterocycles. The summed E-state index contributed by atoms with van der Waals surface area (Å²) in [6.07, 6.45) is 3.29. The van der Waals surface area contributed by atoms with Gasteiger partial charge in [-0.1, -0.05) is 0 Å². The molecule has 0 aromatic rings. The van der Waals surface area contributed by atoms with Gasteiger partial charge < -0.3 is 30.7 Å². The number of hydrogen-bond donors (Lipinski definition) is 4. The maximum Gasteiger partial charge on any atom is 0.407 e. The molecule has 8 heteroatoms. The van der Waals surface area contributed by atoms with Crippen molar-refractivity contribution in [2.45, 2.75) is 116 Å². The summed E-state index contributed by atoms with van der Waals surface area (Å²) >= 11 is 0. The molecule has 0 bridgehead atoms. The minimum Gasteiger partial charge on any atom is -0.444 e. The fourth-order valence-electron chi connectivity index (χ4n) is 3.47. The Morgan fingerprint density at radius 1 is 0.733 bits per heavy atom. The Balaban J connectivity index is 0.000000300. The Bertz CT molecular complexity index is 494. The van der Waals surface area contributed by atoms with Gasteiger partial charge in [0, 0.05) is 24.2 Å². The number of carbonyl (C=O) groups is 2. The van der Waals surface area contributed by atoms with E-state index in [9.17, 15) is 9.59 Å². The number of nitrogens with one attached hydrogen (secondary N) is 4. The minimum absolute atomic E-state index is 0.246. The summed E-state index contributed by atoms with van der Waals surface area (Å²) in [4.78, 5) is 23.0. The summed E-state index contributed by atoms with van der Waals surface area (Å²) in [6.45, 7) is 17.4. The summed E-state index contributed by atoms with van der Waals surface area (Å²) in [5.74, 6) is 0. The molecule has 0 spiro atoms. The Morgan fingerprint density at radius 3 is 1.33 bits per heavy atom. The van der Waals surface area contributed by atoms with Crippen LogP contribution in [0.15, 0.2) is 0 Å². The van der Waals surface area contributed by atoms with Crippen LogP contribution in [0.2, 0.25) is 0 Å². The molecule has 2 fully saturated rings. The number of piperidine rings is 2. The van der Waals surface area contributed by atoms with Crippen molar-refractivity contribution < 1.29 is 19.1 Å². The fourth-order valence-corrected chi connectivity index (χ4v) is 3.47.